The highest BCUT2D eigenvalue weighted by atomic mass is 35.5. The van der Waals surface area contributed by atoms with Crippen molar-refractivity contribution in [3.05, 3.63) is 69.4 Å². The number of halogens is 1. The number of aromatic nitrogens is 1. The van der Waals surface area contributed by atoms with Gasteiger partial charge in [0.15, 0.2) is 21.6 Å². The van der Waals surface area contributed by atoms with Crippen molar-refractivity contribution in [3.63, 3.8) is 0 Å². The van der Waals surface area contributed by atoms with E-state index < -0.39 is 5.63 Å². The smallest absolute Gasteiger partial charge is 0.345 e. The van der Waals surface area contributed by atoms with Crippen LogP contribution in [0.3, 0.4) is 0 Å². The van der Waals surface area contributed by atoms with Crippen molar-refractivity contribution in [1.82, 2.24) is 4.98 Å². The number of nitrogens with zero attached hydrogens (tertiary/aromatic N) is 1. The lowest BCUT2D eigenvalue weighted by Gasteiger charge is -2.08. The lowest BCUT2D eigenvalue weighted by atomic mass is 10.1. The molecule has 0 unspecified atom stereocenters. The number of fused-ring (bicyclic) bond motifs is 1. The van der Waals surface area contributed by atoms with Crippen LogP contribution in [0.25, 0.3) is 22.2 Å². The van der Waals surface area contributed by atoms with Crippen molar-refractivity contribution in [2.45, 2.75) is 0 Å². The van der Waals surface area contributed by atoms with Gasteiger partial charge in [-0.3, -0.25) is 0 Å². The molecular formula is C20H14ClN3O3S2. The summed E-state index contributed by atoms with van der Waals surface area (Å²) in [5, 5.41) is 10.2. The Kier molecular flexibility index (Phi) is 5.48. The zero-order valence-electron chi connectivity index (χ0n) is 15.1. The van der Waals surface area contributed by atoms with E-state index in [1.807, 2.05) is 24.3 Å². The van der Waals surface area contributed by atoms with Crippen molar-refractivity contribution in [2.24, 2.45) is 0 Å². The minimum Gasteiger partial charge on any atom is -0.493 e. The number of anilines is 2. The van der Waals surface area contributed by atoms with Crippen LogP contribution in [0, 0.1) is 0 Å². The van der Waals surface area contributed by atoms with Crippen LogP contribution >= 0.6 is 35.2 Å². The maximum absolute atomic E-state index is 12.5. The third kappa shape index (κ3) is 4.24. The summed E-state index contributed by atoms with van der Waals surface area (Å²) >= 11 is 12.5. The first-order valence-corrected chi connectivity index (χ1v) is 10.1. The van der Waals surface area contributed by atoms with E-state index in [-0.39, 0.29) is 0 Å². The quantitative estimate of drug-likeness (QED) is 0.323. The highest BCUT2D eigenvalue weighted by Gasteiger charge is 2.14. The summed E-state index contributed by atoms with van der Waals surface area (Å²) in [5.41, 5.74) is 1.59. The second kappa shape index (κ2) is 8.20. The fourth-order valence-electron chi connectivity index (χ4n) is 2.70. The van der Waals surface area contributed by atoms with Crippen LogP contribution in [-0.2, 0) is 0 Å². The summed E-state index contributed by atoms with van der Waals surface area (Å²) in [6, 6.07) is 14.3. The minimum absolute atomic E-state index is 0.367. The number of ether oxygens (including phenoxy) is 1. The van der Waals surface area contributed by atoms with Gasteiger partial charge in [0.25, 0.3) is 0 Å². The Morgan fingerprint density at radius 2 is 2.00 bits per heavy atom. The monoisotopic (exact) mass is 443 g/mol. The molecule has 29 heavy (non-hydrogen) atoms. The third-order valence-electron chi connectivity index (χ3n) is 4.05. The fraction of sp³-hybridized carbons (Fsp3) is 0.0500. The molecule has 2 aromatic heterocycles. The highest BCUT2D eigenvalue weighted by molar-refractivity contribution is 7.80. The molecule has 0 spiro atoms. The molecule has 0 radical (unpaired) electrons. The van der Waals surface area contributed by atoms with Gasteiger partial charge in [-0.05, 0) is 48.6 Å². The first-order chi connectivity index (χ1) is 14.0. The van der Waals surface area contributed by atoms with Crippen molar-refractivity contribution in [3.8, 4) is 17.0 Å². The van der Waals surface area contributed by atoms with Crippen molar-refractivity contribution in [2.75, 3.05) is 17.7 Å². The zero-order valence-corrected chi connectivity index (χ0v) is 17.5. The third-order valence-corrected chi connectivity index (χ3v) is 5.26. The first kappa shape index (κ1) is 19.4. The van der Waals surface area contributed by atoms with Crippen LogP contribution in [0.4, 0.5) is 10.8 Å². The molecule has 0 fully saturated rings. The molecule has 0 atom stereocenters. The Balaban J connectivity index is 1.56. The molecular weight excluding hydrogens is 430 g/mol. The van der Waals surface area contributed by atoms with Gasteiger partial charge in [0, 0.05) is 21.5 Å². The van der Waals surface area contributed by atoms with Crippen LogP contribution in [0.15, 0.2) is 63.1 Å². The van der Waals surface area contributed by atoms with Gasteiger partial charge >= 0.3 is 5.63 Å². The van der Waals surface area contributed by atoms with Gasteiger partial charge < -0.3 is 19.8 Å². The van der Waals surface area contributed by atoms with Crippen molar-refractivity contribution >= 4 is 62.1 Å². The van der Waals surface area contributed by atoms with E-state index in [0.717, 1.165) is 11.1 Å². The standard InChI is InChI=1S/C20H14ClN3O3S2/c1-26-16-4-2-3-11-9-14(18(25)27-17(11)16)15-10-29-20(23-15)24-19(28)22-13-7-5-12(21)6-8-13/h2-10H,1H3,(H2,22,23,24,28). The molecule has 0 saturated heterocycles. The molecule has 2 heterocycles. The summed E-state index contributed by atoms with van der Waals surface area (Å²) in [6.45, 7) is 0. The average Bonchev–Trinajstić information content (AvgIpc) is 3.16. The van der Waals surface area contributed by atoms with Crippen LogP contribution in [0.1, 0.15) is 0 Å². The molecule has 0 bridgehead atoms. The van der Waals surface area contributed by atoms with Crippen LogP contribution in [0.2, 0.25) is 5.02 Å². The second-order valence-corrected chi connectivity index (χ2v) is 7.65. The number of hydrogen-bond acceptors (Lipinski definition) is 6. The topological polar surface area (TPSA) is 76.4 Å². The number of hydrogen-bond donors (Lipinski definition) is 2. The number of para-hydroxylation sites is 1. The zero-order chi connectivity index (χ0) is 20.4. The summed E-state index contributed by atoms with van der Waals surface area (Å²) < 4.78 is 10.7. The average molecular weight is 444 g/mol. The van der Waals surface area contributed by atoms with E-state index in [1.165, 1.54) is 18.4 Å². The summed E-state index contributed by atoms with van der Waals surface area (Å²) in [5.74, 6) is 0.505. The van der Waals surface area contributed by atoms with E-state index in [4.69, 9.17) is 33.0 Å². The van der Waals surface area contributed by atoms with Gasteiger partial charge in [-0.25, -0.2) is 9.78 Å². The van der Waals surface area contributed by atoms with Crippen molar-refractivity contribution < 1.29 is 9.15 Å². The van der Waals surface area contributed by atoms with Crippen LogP contribution < -0.4 is 21.0 Å². The fourth-order valence-corrected chi connectivity index (χ4v) is 3.82. The van der Waals surface area contributed by atoms with E-state index in [9.17, 15) is 4.79 Å². The Labute approximate surface area is 180 Å². The molecule has 2 N–H and O–H groups in total. The predicted octanol–water partition coefficient (Wildman–Crippen LogP) is 5.39. The molecule has 4 aromatic rings. The SMILES string of the molecule is COc1cccc2cc(-c3csc(NC(=S)Nc4ccc(Cl)cc4)n3)c(=O)oc12. The molecule has 2 aromatic carbocycles. The number of rotatable bonds is 4. The summed E-state index contributed by atoms with van der Waals surface area (Å²) in [6.07, 6.45) is 0. The number of thiocarbonyl (C=S) groups is 1. The Morgan fingerprint density at radius 3 is 2.76 bits per heavy atom. The summed E-state index contributed by atoms with van der Waals surface area (Å²) in [4.78, 5) is 16.9. The maximum atomic E-state index is 12.5. The van der Waals surface area contributed by atoms with Gasteiger partial charge in [0.1, 0.15) is 0 Å². The van der Waals surface area contributed by atoms with Gasteiger partial charge in [0.2, 0.25) is 0 Å². The number of thiazole rings is 1. The van der Waals surface area contributed by atoms with Gasteiger partial charge in [-0.15, -0.1) is 11.3 Å². The molecule has 0 aliphatic heterocycles. The molecule has 0 aliphatic rings. The summed E-state index contributed by atoms with van der Waals surface area (Å²) in [7, 11) is 1.53. The molecule has 4 rings (SSSR count). The van der Waals surface area contributed by atoms with Crippen LogP contribution in [0.5, 0.6) is 5.75 Å². The molecule has 6 nitrogen and oxygen atoms in total. The van der Waals surface area contributed by atoms with E-state index in [0.29, 0.717) is 37.9 Å². The van der Waals surface area contributed by atoms with Crippen molar-refractivity contribution in [1.29, 1.82) is 0 Å². The van der Waals surface area contributed by atoms with Gasteiger partial charge in [0.05, 0.1) is 18.4 Å². The van der Waals surface area contributed by atoms with Crippen LogP contribution in [-0.4, -0.2) is 17.2 Å². The minimum atomic E-state index is -0.485. The highest BCUT2D eigenvalue weighted by Crippen LogP contribution is 2.29. The largest absolute Gasteiger partial charge is 0.493 e. The lowest BCUT2D eigenvalue weighted by molar-refractivity contribution is 0.407. The van der Waals surface area contributed by atoms with E-state index in [1.54, 1.807) is 29.6 Å². The Hall–Kier alpha value is -2.94. The predicted molar refractivity (Wildman–Crippen MR) is 121 cm³/mol. The number of nitrogens with one attached hydrogen (secondary N) is 2. The van der Waals surface area contributed by atoms with E-state index >= 15 is 0 Å². The van der Waals surface area contributed by atoms with Gasteiger partial charge in [-0.1, -0.05) is 23.7 Å². The van der Waals surface area contributed by atoms with Gasteiger partial charge in [-0.2, -0.15) is 0 Å². The second-order valence-electron chi connectivity index (χ2n) is 5.95. The molecule has 0 saturated carbocycles. The molecule has 0 amide bonds. The number of methoxy groups -OCH3 is 1. The lowest BCUT2D eigenvalue weighted by Crippen LogP contribution is -2.18. The number of benzene rings is 2. The normalized spacial score (nSPS) is 10.7. The molecule has 146 valence electrons. The first-order valence-electron chi connectivity index (χ1n) is 8.44. The Bertz CT molecular complexity index is 1250. The maximum Gasteiger partial charge on any atom is 0.345 e. The van der Waals surface area contributed by atoms with E-state index in [2.05, 4.69) is 15.6 Å². The Morgan fingerprint density at radius 1 is 1.21 bits per heavy atom. The molecule has 9 heteroatoms. The molecule has 0 aliphatic carbocycles.